The first-order valence-corrected chi connectivity index (χ1v) is 9.56. The van der Waals surface area contributed by atoms with Crippen molar-refractivity contribution in [2.75, 3.05) is 37.6 Å². The Morgan fingerprint density at radius 1 is 1.20 bits per heavy atom. The number of piperidine rings is 2. The average Bonchev–Trinajstić information content (AvgIpc) is 2.54. The maximum absolute atomic E-state index is 12.6. The van der Waals surface area contributed by atoms with Crippen molar-refractivity contribution >= 4 is 5.69 Å². The van der Waals surface area contributed by atoms with Crippen molar-refractivity contribution in [1.82, 2.24) is 14.7 Å². The first kappa shape index (κ1) is 18.4. The molecule has 1 atom stereocenters. The molecule has 0 aromatic carbocycles. The van der Waals surface area contributed by atoms with Gasteiger partial charge in [0.25, 0.3) is 5.56 Å². The Balaban J connectivity index is 1.69. The highest BCUT2D eigenvalue weighted by Crippen LogP contribution is 2.24. The number of aliphatic hydroxyl groups is 1. The molecule has 2 saturated heterocycles. The van der Waals surface area contributed by atoms with Crippen LogP contribution in [0.1, 0.15) is 52.5 Å². The molecule has 1 aromatic heterocycles. The molecule has 2 aliphatic heterocycles. The molecule has 0 unspecified atom stereocenters. The molecule has 0 radical (unpaired) electrons. The fourth-order valence-electron chi connectivity index (χ4n) is 4.02. The Morgan fingerprint density at radius 3 is 2.56 bits per heavy atom. The zero-order valence-electron chi connectivity index (χ0n) is 15.8. The van der Waals surface area contributed by atoms with Gasteiger partial charge in [0, 0.05) is 32.2 Å². The van der Waals surface area contributed by atoms with Crippen LogP contribution in [0.4, 0.5) is 5.69 Å². The van der Waals surface area contributed by atoms with Crippen LogP contribution in [-0.4, -0.2) is 58.6 Å². The summed E-state index contributed by atoms with van der Waals surface area (Å²) >= 11 is 0. The van der Waals surface area contributed by atoms with Gasteiger partial charge in [-0.05, 0) is 37.6 Å². The second-order valence-corrected chi connectivity index (χ2v) is 8.81. The third-order valence-corrected chi connectivity index (χ3v) is 5.17. The van der Waals surface area contributed by atoms with E-state index in [1.807, 2.05) is 6.20 Å². The first-order valence-electron chi connectivity index (χ1n) is 9.56. The molecule has 2 fully saturated rings. The van der Waals surface area contributed by atoms with Crippen molar-refractivity contribution in [1.29, 1.82) is 0 Å². The van der Waals surface area contributed by atoms with Gasteiger partial charge in [-0.2, -0.15) is 5.10 Å². The lowest BCUT2D eigenvalue weighted by atomic mass is 9.94. The van der Waals surface area contributed by atoms with Gasteiger partial charge in [0.05, 0.1) is 24.0 Å². The summed E-state index contributed by atoms with van der Waals surface area (Å²) in [4.78, 5) is 17.3. The van der Waals surface area contributed by atoms with Crippen LogP contribution in [-0.2, 0) is 0 Å². The minimum atomic E-state index is -0.208. The van der Waals surface area contributed by atoms with Gasteiger partial charge in [-0.15, -0.1) is 0 Å². The van der Waals surface area contributed by atoms with E-state index in [0.29, 0.717) is 0 Å². The van der Waals surface area contributed by atoms with Crippen molar-refractivity contribution in [2.45, 2.75) is 58.6 Å². The summed E-state index contributed by atoms with van der Waals surface area (Å²) in [6, 6.07) is 1.88. The number of rotatable bonds is 3. The molecule has 0 spiro atoms. The highest BCUT2D eigenvalue weighted by atomic mass is 16.3. The summed E-state index contributed by atoms with van der Waals surface area (Å²) < 4.78 is 1.68. The highest BCUT2D eigenvalue weighted by Gasteiger charge is 2.26. The molecule has 2 aliphatic rings. The minimum absolute atomic E-state index is 0.00812. The van der Waals surface area contributed by atoms with Gasteiger partial charge in [-0.25, -0.2) is 4.68 Å². The number of nitrogens with zero attached hydrogens (tertiary/aromatic N) is 4. The molecule has 1 N–H and O–H groups in total. The van der Waals surface area contributed by atoms with Crippen LogP contribution in [0.5, 0.6) is 0 Å². The summed E-state index contributed by atoms with van der Waals surface area (Å²) in [5, 5.41) is 14.1. The average molecular weight is 348 g/mol. The summed E-state index contributed by atoms with van der Waals surface area (Å²) in [5.41, 5.74) is 1.14. The van der Waals surface area contributed by atoms with Gasteiger partial charge in [0.15, 0.2) is 0 Å². The van der Waals surface area contributed by atoms with E-state index in [4.69, 9.17) is 0 Å². The second-order valence-electron chi connectivity index (χ2n) is 8.81. The lowest BCUT2D eigenvalue weighted by Gasteiger charge is -2.37. The largest absolute Gasteiger partial charge is 0.393 e. The lowest BCUT2D eigenvalue weighted by Crippen LogP contribution is -2.44. The zero-order chi connectivity index (χ0) is 18.0. The van der Waals surface area contributed by atoms with Crippen molar-refractivity contribution in [3.05, 3.63) is 22.6 Å². The predicted molar refractivity (Wildman–Crippen MR) is 100 cm³/mol. The van der Waals surface area contributed by atoms with Crippen LogP contribution in [0.15, 0.2) is 17.1 Å². The van der Waals surface area contributed by atoms with E-state index in [-0.39, 0.29) is 23.1 Å². The zero-order valence-corrected chi connectivity index (χ0v) is 15.8. The smallest absolute Gasteiger partial charge is 0.269 e. The molecule has 0 bridgehead atoms. The van der Waals surface area contributed by atoms with Gasteiger partial charge < -0.3 is 14.9 Å². The normalized spacial score (nSPS) is 23.8. The Bertz CT molecular complexity index is 629. The standard InChI is InChI=1S/C19H32N4O2/c1-19(2,3)14-21-8-4-5-15(13-21)23-18(25)11-16(12-20-23)22-9-6-17(24)7-10-22/h11-12,15,17,24H,4-10,13-14H2,1-3H3/t15-/m1/s1. The molecule has 6 nitrogen and oxygen atoms in total. The van der Waals surface area contributed by atoms with Crippen LogP contribution in [0, 0.1) is 5.41 Å². The maximum atomic E-state index is 12.6. The van der Waals surface area contributed by atoms with Crippen molar-refractivity contribution in [3.8, 4) is 0 Å². The Hall–Kier alpha value is -1.40. The van der Waals surface area contributed by atoms with Gasteiger partial charge in [-0.3, -0.25) is 4.79 Å². The Morgan fingerprint density at radius 2 is 1.92 bits per heavy atom. The number of anilines is 1. The van der Waals surface area contributed by atoms with E-state index < -0.39 is 0 Å². The monoisotopic (exact) mass is 348 g/mol. The number of hydrogen-bond acceptors (Lipinski definition) is 5. The van der Waals surface area contributed by atoms with E-state index in [9.17, 15) is 9.90 Å². The minimum Gasteiger partial charge on any atom is -0.393 e. The molecular weight excluding hydrogens is 316 g/mol. The van der Waals surface area contributed by atoms with E-state index in [1.165, 1.54) is 0 Å². The fourth-order valence-corrected chi connectivity index (χ4v) is 4.02. The molecule has 0 aliphatic carbocycles. The first-order chi connectivity index (χ1) is 11.8. The van der Waals surface area contributed by atoms with Crippen molar-refractivity contribution in [2.24, 2.45) is 5.41 Å². The van der Waals surface area contributed by atoms with Gasteiger partial charge in [-0.1, -0.05) is 20.8 Å². The van der Waals surface area contributed by atoms with Crippen LogP contribution in [0.25, 0.3) is 0 Å². The fraction of sp³-hybridized carbons (Fsp3) is 0.789. The van der Waals surface area contributed by atoms with E-state index >= 15 is 0 Å². The third-order valence-electron chi connectivity index (χ3n) is 5.17. The van der Waals surface area contributed by atoms with Crippen molar-refractivity contribution in [3.63, 3.8) is 0 Å². The maximum Gasteiger partial charge on any atom is 0.269 e. The lowest BCUT2D eigenvalue weighted by molar-refractivity contribution is 0.124. The summed E-state index contributed by atoms with van der Waals surface area (Å²) in [6.45, 7) is 11.4. The molecule has 1 aromatic rings. The summed E-state index contributed by atoms with van der Waals surface area (Å²) in [5.74, 6) is 0. The Kier molecular flexibility index (Phi) is 5.49. The summed E-state index contributed by atoms with van der Waals surface area (Å²) in [6.07, 6.45) is 5.26. The van der Waals surface area contributed by atoms with Gasteiger partial charge >= 0.3 is 0 Å². The SMILES string of the molecule is CC(C)(C)CN1CCC[C@@H](n2ncc(N3CCC(O)CC3)cc2=O)C1. The van der Waals surface area contributed by atoms with Gasteiger partial charge in [0.2, 0.25) is 0 Å². The van der Waals surface area contributed by atoms with Crippen LogP contribution < -0.4 is 10.5 Å². The second kappa shape index (κ2) is 7.46. The topological polar surface area (TPSA) is 61.6 Å². The molecule has 0 saturated carbocycles. The van der Waals surface area contributed by atoms with E-state index in [1.54, 1.807) is 10.7 Å². The number of aromatic nitrogens is 2. The van der Waals surface area contributed by atoms with Crippen molar-refractivity contribution < 1.29 is 5.11 Å². The summed E-state index contributed by atoms with van der Waals surface area (Å²) in [7, 11) is 0. The molecule has 0 amide bonds. The predicted octanol–water partition coefficient (Wildman–Crippen LogP) is 1.89. The van der Waals surface area contributed by atoms with Crippen LogP contribution in [0.2, 0.25) is 0 Å². The molecular formula is C19H32N4O2. The quantitative estimate of drug-likeness (QED) is 0.904. The third kappa shape index (κ3) is 4.82. The molecule has 3 heterocycles. The number of hydrogen-bond donors (Lipinski definition) is 1. The molecule has 25 heavy (non-hydrogen) atoms. The van der Waals surface area contributed by atoms with Crippen LogP contribution in [0.3, 0.4) is 0 Å². The molecule has 3 rings (SSSR count). The molecule has 140 valence electrons. The van der Waals surface area contributed by atoms with Gasteiger partial charge in [0.1, 0.15) is 0 Å². The number of likely N-dealkylation sites (tertiary alicyclic amines) is 1. The highest BCUT2D eigenvalue weighted by molar-refractivity contribution is 5.43. The Labute approximate surface area is 150 Å². The number of aliphatic hydroxyl groups excluding tert-OH is 1. The van der Waals surface area contributed by atoms with E-state index in [0.717, 1.165) is 64.1 Å². The molecule has 6 heteroatoms. The van der Waals surface area contributed by atoms with E-state index in [2.05, 4.69) is 35.7 Å². The van der Waals surface area contributed by atoms with Crippen LogP contribution >= 0.6 is 0 Å².